The summed E-state index contributed by atoms with van der Waals surface area (Å²) in [6.07, 6.45) is -3.13. The summed E-state index contributed by atoms with van der Waals surface area (Å²) in [5.74, 6) is -0.699. The van der Waals surface area contributed by atoms with Crippen LogP contribution in [-0.2, 0) is 24.1 Å². The number of aryl methyl sites for hydroxylation is 1. The minimum absolute atomic E-state index is 0.0381. The Morgan fingerprint density at radius 3 is 2.57 bits per heavy atom. The number of halogens is 5. The van der Waals surface area contributed by atoms with Gasteiger partial charge in [-0.05, 0) is 24.6 Å². The third kappa shape index (κ3) is 4.66. The number of anilines is 1. The summed E-state index contributed by atoms with van der Waals surface area (Å²) in [5, 5.41) is 11.0. The number of carbonyl (C=O) groups excluding carboxylic acids is 1. The lowest BCUT2D eigenvalue weighted by atomic mass is 10.2. The molecule has 1 amide bonds. The molecular formula is C17H14Cl2F3N5O. The number of hydrogen-bond acceptors (Lipinski definition) is 3. The zero-order valence-corrected chi connectivity index (χ0v) is 16.0. The number of nitrogens with one attached hydrogen (secondary N) is 1. The Labute approximate surface area is 167 Å². The Bertz CT molecular complexity index is 1010. The van der Waals surface area contributed by atoms with E-state index in [0.29, 0.717) is 16.2 Å². The number of nitrogens with zero attached hydrogens (tertiary/aromatic N) is 4. The molecule has 0 atom stereocenters. The average Bonchev–Trinajstić information content (AvgIpc) is 3.12. The molecule has 0 aliphatic rings. The van der Waals surface area contributed by atoms with Gasteiger partial charge < -0.3 is 5.32 Å². The molecule has 0 radical (unpaired) electrons. The molecule has 11 heteroatoms. The van der Waals surface area contributed by atoms with E-state index in [4.69, 9.17) is 23.2 Å². The van der Waals surface area contributed by atoms with E-state index in [9.17, 15) is 18.0 Å². The molecule has 6 nitrogen and oxygen atoms in total. The Morgan fingerprint density at radius 1 is 1.18 bits per heavy atom. The van der Waals surface area contributed by atoms with Crippen molar-refractivity contribution in [2.45, 2.75) is 26.2 Å². The summed E-state index contributed by atoms with van der Waals surface area (Å²) in [6.45, 7) is 1.10. The van der Waals surface area contributed by atoms with E-state index in [-0.39, 0.29) is 16.5 Å². The predicted molar refractivity (Wildman–Crippen MR) is 98.4 cm³/mol. The molecule has 2 aromatic heterocycles. The Balaban J connectivity index is 1.72. The maximum Gasteiger partial charge on any atom is 0.433 e. The molecule has 0 bridgehead atoms. The maximum absolute atomic E-state index is 13.0. The van der Waals surface area contributed by atoms with E-state index in [1.807, 2.05) is 12.1 Å². The van der Waals surface area contributed by atoms with Gasteiger partial charge in [0.05, 0.1) is 12.2 Å². The third-order valence-electron chi connectivity index (χ3n) is 3.75. The van der Waals surface area contributed by atoms with Crippen molar-refractivity contribution in [3.63, 3.8) is 0 Å². The fourth-order valence-corrected chi connectivity index (χ4v) is 2.96. The van der Waals surface area contributed by atoms with Crippen molar-refractivity contribution in [2.24, 2.45) is 0 Å². The second kappa shape index (κ2) is 7.84. The van der Waals surface area contributed by atoms with E-state index in [0.717, 1.165) is 11.6 Å². The van der Waals surface area contributed by atoms with Crippen molar-refractivity contribution in [3.8, 4) is 0 Å². The summed E-state index contributed by atoms with van der Waals surface area (Å²) in [7, 11) is 0. The molecule has 0 aliphatic heterocycles. The number of alkyl halides is 3. The van der Waals surface area contributed by atoms with Crippen LogP contribution in [-0.4, -0.2) is 25.5 Å². The summed E-state index contributed by atoms with van der Waals surface area (Å²) >= 11 is 12.2. The highest BCUT2D eigenvalue weighted by Crippen LogP contribution is 2.30. The van der Waals surface area contributed by atoms with Gasteiger partial charge in [-0.25, -0.2) is 0 Å². The van der Waals surface area contributed by atoms with Gasteiger partial charge in [-0.15, -0.1) is 0 Å². The van der Waals surface area contributed by atoms with Gasteiger partial charge in [0.1, 0.15) is 17.3 Å². The van der Waals surface area contributed by atoms with Crippen molar-refractivity contribution in [1.29, 1.82) is 0 Å². The van der Waals surface area contributed by atoms with E-state index >= 15 is 0 Å². The molecule has 0 aliphatic carbocycles. The second-order valence-corrected chi connectivity index (χ2v) is 6.80. The average molecular weight is 432 g/mol. The van der Waals surface area contributed by atoms with Gasteiger partial charge in [-0.2, -0.15) is 23.4 Å². The minimum Gasteiger partial charge on any atom is -0.306 e. The zero-order valence-electron chi connectivity index (χ0n) is 14.5. The van der Waals surface area contributed by atoms with E-state index in [1.54, 1.807) is 12.1 Å². The first-order valence-corrected chi connectivity index (χ1v) is 8.77. The van der Waals surface area contributed by atoms with Crippen molar-refractivity contribution in [3.05, 3.63) is 63.5 Å². The van der Waals surface area contributed by atoms with Crippen molar-refractivity contribution < 1.29 is 18.0 Å². The highest BCUT2D eigenvalue weighted by Gasteiger charge is 2.35. The first-order valence-electron chi connectivity index (χ1n) is 8.01. The van der Waals surface area contributed by atoms with Crippen LogP contribution in [0.5, 0.6) is 0 Å². The van der Waals surface area contributed by atoms with Gasteiger partial charge in [-0.1, -0.05) is 41.4 Å². The zero-order chi connectivity index (χ0) is 20.5. The molecule has 1 aromatic carbocycles. The van der Waals surface area contributed by atoms with Crippen LogP contribution in [0.1, 0.15) is 17.0 Å². The topological polar surface area (TPSA) is 64.7 Å². The van der Waals surface area contributed by atoms with Crippen LogP contribution < -0.4 is 5.32 Å². The molecule has 0 saturated carbocycles. The molecule has 2 heterocycles. The first kappa shape index (κ1) is 20.2. The van der Waals surface area contributed by atoms with Gasteiger partial charge in [0.15, 0.2) is 5.82 Å². The SMILES string of the molecule is Cc1cc(C(F)(F)F)n(CC(=O)Nc2nn(Cc3ccccc3Cl)cc2Cl)n1. The highest BCUT2D eigenvalue weighted by atomic mass is 35.5. The summed E-state index contributed by atoms with van der Waals surface area (Å²) < 4.78 is 41.1. The monoisotopic (exact) mass is 431 g/mol. The second-order valence-electron chi connectivity index (χ2n) is 5.99. The largest absolute Gasteiger partial charge is 0.433 e. The van der Waals surface area contributed by atoms with Crippen molar-refractivity contribution in [2.75, 3.05) is 5.32 Å². The van der Waals surface area contributed by atoms with E-state index in [1.165, 1.54) is 17.8 Å². The summed E-state index contributed by atoms with van der Waals surface area (Å²) in [4.78, 5) is 12.2. The Morgan fingerprint density at radius 2 is 1.89 bits per heavy atom. The normalized spacial score (nSPS) is 11.6. The van der Waals surface area contributed by atoms with Crippen LogP contribution in [0.2, 0.25) is 10.0 Å². The fraction of sp³-hybridized carbons (Fsp3) is 0.235. The lowest BCUT2D eigenvalue weighted by Crippen LogP contribution is -2.24. The van der Waals surface area contributed by atoms with Crippen LogP contribution in [0.4, 0.5) is 19.0 Å². The molecule has 28 heavy (non-hydrogen) atoms. The molecule has 3 rings (SSSR count). The molecule has 148 valence electrons. The van der Waals surface area contributed by atoms with Gasteiger partial charge >= 0.3 is 6.18 Å². The van der Waals surface area contributed by atoms with Crippen molar-refractivity contribution >= 4 is 34.9 Å². The first-order chi connectivity index (χ1) is 13.1. The van der Waals surface area contributed by atoms with Crippen LogP contribution in [0.15, 0.2) is 36.5 Å². The number of benzene rings is 1. The number of rotatable bonds is 5. The minimum atomic E-state index is -4.62. The van der Waals surface area contributed by atoms with E-state index in [2.05, 4.69) is 15.5 Å². The number of hydrogen-bond donors (Lipinski definition) is 1. The van der Waals surface area contributed by atoms with Crippen LogP contribution in [0, 0.1) is 6.92 Å². The molecule has 3 aromatic rings. The van der Waals surface area contributed by atoms with Crippen LogP contribution in [0.25, 0.3) is 0 Å². The van der Waals surface area contributed by atoms with E-state index < -0.39 is 24.3 Å². The number of carbonyl (C=O) groups is 1. The predicted octanol–water partition coefficient (Wildman–Crippen LogP) is 4.40. The quantitative estimate of drug-likeness (QED) is 0.650. The molecule has 0 spiro atoms. The van der Waals surface area contributed by atoms with Crippen LogP contribution >= 0.6 is 23.2 Å². The van der Waals surface area contributed by atoms with Crippen molar-refractivity contribution in [1.82, 2.24) is 19.6 Å². The number of amides is 1. The summed E-state index contributed by atoms with van der Waals surface area (Å²) in [6, 6.07) is 8.03. The smallest absolute Gasteiger partial charge is 0.306 e. The van der Waals surface area contributed by atoms with Crippen LogP contribution in [0.3, 0.4) is 0 Å². The lowest BCUT2D eigenvalue weighted by Gasteiger charge is -2.10. The van der Waals surface area contributed by atoms with Gasteiger partial charge in [-0.3, -0.25) is 14.2 Å². The summed E-state index contributed by atoms with van der Waals surface area (Å²) in [5.41, 5.74) is -0.0549. The van der Waals surface area contributed by atoms with Gasteiger partial charge in [0.25, 0.3) is 0 Å². The third-order valence-corrected chi connectivity index (χ3v) is 4.40. The Kier molecular flexibility index (Phi) is 5.66. The molecule has 0 fully saturated rings. The molecular weight excluding hydrogens is 418 g/mol. The Hall–Kier alpha value is -2.52. The molecule has 0 unspecified atom stereocenters. The molecule has 0 saturated heterocycles. The molecule has 1 N–H and O–H groups in total. The number of aromatic nitrogens is 4. The standard InChI is InChI=1S/C17H14Cl2F3N5O/c1-10-6-14(17(20,21)22)27(24-10)9-15(28)23-16-13(19)8-26(25-16)7-11-4-2-3-5-12(11)18/h2-6,8H,7,9H2,1H3,(H,23,25,28). The highest BCUT2D eigenvalue weighted by molar-refractivity contribution is 6.33. The van der Waals surface area contributed by atoms with Gasteiger partial charge in [0, 0.05) is 11.2 Å². The maximum atomic E-state index is 13.0. The van der Waals surface area contributed by atoms with Gasteiger partial charge in [0.2, 0.25) is 5.91 Å². The lowest BCUT2D eigenvalue weighted by molar-refractivity contribution is -0.144. The fourth-order valence-electron chi connectivity index (χ4n) is 2.57.